The maximum Gasteiger partial charge on any atom is 0.340 e. The minimum Gasteiger partial charge on any atom is -0.459 e. The van der Waals surface area contributed by atoms with Crippen LogP contribution >= 0.6 is 11.6 Å². The van der Waals surface area contributed by atoms with E-state index in [2.05, 4.69) is 11.9 Å². The summed E-state index contributed by atoms with van der Waals surface area (Å²) in [5.41, 5.74) is 6.33. The number of halogens is 1. The Morgan fingerprint density at radius 3 is 3.11 bits per heavy atom. The molecule has 0 amide bonds. The number of nitrogen functional groups attached to an aromatic ring is 1. The summed E-state index contributed by atoms with van der Waals surface area (Å²) in [7, 11) is 0. The minimum atomic E-state index is -0.399. The van der Waals surface area contributed by atoms with Gasteiger partial charge in [-0.15, -0.1) is 0 Å². The molecule has 2 rings (SSSR count). The maximum atomic E-state index is 12.1. The van der Waals surface area contributed by atoms with Crippen molar-refractivity contribution in [3.63, 3.8) is 0 Å². The first-order valence-electron chi connectivity index (χ1n) is 6.72. The molecule has 0 bridgehead atoms. The van der Waals surface area contributed by atoms with Crippen molar-refractivity contribution in [3.05, 3.63) is 23.0 Å². The zero-order valence-electron chi connectivity index (χ0n) is 11.1. The fourth-order valence-corrected chi connectivity index (χ4v) is 2.71. The molecule has 104 valence electrons. The van der Waals surface area contributed by atoms with Gasteiger partial charge in [0.2, 0.25) is 0 Å². The number of pyridine rings is 1. The molecular formula is C14H19ClN2O2. The predicted molar refractivity (Wildman–Crippen MR) is 75.1 cm³/mol. The molecule has 0 spiro atoms. The van der Waals surface area contributed by atoms with E-state index in [0.717, 1.165) is 25.7 Å². The minimum absolute atomic E-state index is 0.00228. The molecule has 19 heavy (non-hydrogen) atoms. The van der Waals surface area contributed by atoms with E-state index in [9.17, 15) is 4.79 Å². The van der Waals surface area contributed by atoms with Gasteiger partial charge in [-0.3, -0.25) is 0 Å². The van der Waals surface area contributed by atoms with Crippen LogP contribution in [0.4, 0.5) is 5.69 Å². The molecule has 2 unspecified atom stereocenters. The summed E-state index contributed by atoms with van der Waals surface area (Å²) in [6, 6.07) is 1.46. The van der Waals surface area contributed by atoms with E-state index in [1.807, 2.05) is 0 Å². The Balaban J connectivity index is 2.02. The highest BCUT2D eigenvalue weighted by molar-refractivity contribution is 6.29. The van der Waals surface area contributed by atoms with Gasteiger partial charge in [0, 0.05) is 0 Å². The molecule has 5 heteroatoms. The lowest BCUT2D eigenvalue weighted by atomic mass is 9.85. The van der Waals surface area contributed by atoms with Crippen molar-refractivity contribution in [1.29, 1.82) is 0 Å². The fraction of sp³-hybridized carbons (Fsp3) is 0.571. The Kier molecular flexibility index (Phi) is 4.64. The summed E-state index contributed by atoms with van der Waals surface area (Å²) in [6.07, 6.45) is 6.74. The molecule has 1 aromatic rings. The topological polar surface area (TPSA) is 65.2 Å². The van der Waals surface area contributed by atoms with E-state index >= 15 is 0 Å². The third-order valence-corrected chi connectivity index (χ3v) is 3.91. The molecule has 0 saturated heterocycles. The Labute approximate surface area is 118 Å². The smallest absolute Gasteiger partial charge is 0.340 e. The highest BCUT2D eigenvalue weighted by Crippen LogP contribution is 2.29. The largest absolute Gasteiger partial charge is 0.459 e. The van der Waals surface area contributed by atoms with Crippen molar-refractivity contribution >= 4 is 23.3 Å². The number of rotatable bonds is 3. The van der Waals surface area contributed by atoms with E-state index in [4.69, 9.17) is 22.1 Å². The molecule has 1 aliphatic rings. The van der Waals surface area contributed by atoms with Crippen LogP contribution in [0.3, 0.4) is 0 Å². The Hall–Kier alpha value is -1.29. The van der Waals surface area contributed by atoms with E-state index < -0.39 is 5.97 Å². The van der Waals surface area contributed by atoms with Crippen molar-refractivity contribution in [3.8, 4) is 0 Å². The number of hydrogen-bond acceptors (Lipinski definition) is 4. The maximum absolute atomic E-state index is 12.1. The van der Waals surface area contributed by atoms with E-state index in [1.165, 1.54) is 18.7 Å². The first-order chi connectivity index (χ1) is 9.10. The number of hydrogen-bond donors (Lipinski definition) is 1. The summed E-state index contributed by atoms with van der Waals surface area (Å²) < 4.78 is 5.54. The lowest BCUT2D eigenvalue weighted by Crippen LogP contribution is -2.25. The summed E-state index contributed by atoms with van der Waals surface area (Å²) in [5.74, 6) is 0.258. The van der Waals surface area contributed by atoms with Gasteiger partial charge in [0.15, 0.2) is 0 Å². The van der Waals surface area contributed by atoms with Crippen LogP contribution in [0.25, 0.3) is 0 Å². The van der Waals surface area contributed by atoms with Gasteiger partial charge in [-0.2, -0.15) is 0 Å². The zero-order valence-corrected chi connectivity index (χ0v) is 11.8. The number of carbonyl (C=O) groups is 1. The van der Waals surface area contributed by atoms with Gasteiger partial charge >= 0.3 is 5.97 Å². The third kappa shape index (κ3) is 3.60. The molecule has 0 radical (unpaired) electrons. The first-order valence-corrected chi connectivity index (χ1v) is 7.10. The summed E-state index contributed by atoms with van der Waals surface area (Å²) >= 11 is 5.77. The standard InChI is InChI=1S/C14H19ClN2O2/c1-2-9-4-3-5-10(6-9)19-14(18)11-7-13(15)17-8-12(11)16/h7-10H,2-6,16H2,1H3. The number of anilines is 1. The molecule has 1 aliphatic carbocycles. The molecular weight excluding hydrogens is 264 g/mol. The number of carbonyl (C=O) groups excluding carboxylic acids is 1. The van der Waals surface area contributed by atoms with Crippen molar-refractivity contribution < 1.29 is 9.53 Å². The van der Waals surface area contributed by atoms with Gasteiger partial charge in [0.1, 0.15) is 11.3 Å². The highest BCUT2D eigenvalue weighted by atomic mass is 35.5. The molecule has 2 N–H and O–H groups in total. The highest BCUT2D eigenvalue weighted by Gasteiger charge is 2.25. The molecule has 4 nitrogen and oxygen atoms in total. The van der Waals surface area contributed by atoms with Gasteiger partial charge in [-0.25, -0.2) is 9.78 Å². The zero-order chi connectivity index (χ0) is 13.8. The van der Waals surface area contributed by atoms with Crippen LogP contribution in [0.5, 0.6) is 0 Å². The van der Waals surface area contributed by atoms with Crippen molar-refractivity contribution in [2.75, 3.05) is 5.73 Å². The Bertz CT molecular complexity index is 465. The average molecular weight is 283 g/mol. The average Bonchev–Trinajstić information content (AvgIpc) is 2.41. The number of ether oxygens (including phenoxy) is 1. The number of nitrogens with zero attached hydrogens (tertiary/aromatic N) is 1. The van der Waals surface area contributed by atoms with Gasteiger partial charge < -0.3 is 10.5 Å². The van der Waals surface area contributed by atoms with Gasteiger partial charge in [0.25, 0.3) is 0 Å². The molecule has 2 atom stereocenters. The SMILES string of the molecule is CCC1CCCC(OC(=O)c2cc(Cl)ncc2N)C1. The van der Waals surface area contributed by atoms with Crippen LogP contribution in [-0.2, 0) is 4.74 Å². The summed E-state index contributed by atoms with van der Waals surface area (Å²) in [6.45, 7) is 2.18. The monoisotopic (exact) mass is 282 g/mol. The molecule has 1 fully saturated rings. The van der Waals surface area contributed by atoms with Crippen LogP contribution in [0, 0.1) is 5.92 Å². The molecule has 0 aliphatic heterocycles. The van der Waals surface area contributed by atoms with Crippen LogP contribution < -0.4 is 5.73 Å². The number of aromatic nitrogens is 1. The third-order valence-electron chi connectivity index (χ3n) is 3.71. The Morgan fingerprint density at radius 1 is 1.58 bits per heavy atom. The van der Waals surface area contributed by atoms with E-state index in [-0.39, 0.29) is 11.3 Å². The second-order valence-electron chi connectivity index (χ2n) is 5.06. The quantitative estimate of drug-likeness (QED) is 0.681. The Morgan fingerprint density at radius 2 is 2.37 bits per heavy atom. The van der Waals surface area contributed by atoms with Gasteiger partial charge in [0.05, 0.1) is 17.4 Å². The van der Waals surface area contributed by atoms with Crippen LogP contribution in [0.15, 0.2) is 12.3 Å². The normalized spacial score (nSPS) is 23.1. The van der Waals surface area contributed by atoms with Gasteiger partial charge in [-0.1, -0.05) is 31.4 Å². The molecule has 1 aromatic heterocycles. The second kappa shape index (κ2) is 6.24. The molecule has 1 saturated carbocycles. The van der Waals surface area contributed by atoms with Crippen molar-refractivity contribution in [2.45, 2.75) is 45.1 Å². The fourth-order valence-electron chi connectivity index (χ4n) is 2.55. The van der Waals surface area contributed by atoms with Gasteiger partial charge in [-0.05, 0) is 31.2 Å². The summed E-state index contributed by atoms with van der Waals surface area (Å²) in [5, 5.41) is 0.247. The molecule has 0 aromatic carbocycles. The summed E-state index contributed by atoms with van der Waals surface area (Å²) in [4.78, 5) is 15.9. The number of esters is 1. The lowest BCUT2D eigenvalue weighted by molar-refractivity contribution is 0.0141. The predicted octanol–water partition coefficient (Wildman–Crippen LogP) is 3.44. The van der Waals surface area contributed by atoms with E-state index in [0.29, 0.717) is 17.2 Å². The lowest BCUT2D eigenvalue weighted by Gasteiger charge is -2.28. The van der Waals surface area contributed by atoms with Crippen LogP contribution in [0.1, 0.15) is 49.4 Å². The van der Waals surface area contributed by atoms with E-state index in [1.54, 1.807) is 0 Å². The molecule has 1 heterocycles. The van der Waals surface area contributed by atoms with Crippen LogP contribution in [-0.4, -0.2) is 17.1 Å². The van der Waals surface area contributed by atoms with Crippen molar-refractivity contribution in [1.82, 2.24) is 4.98 Å². The second-order valence-corrected chi connectivity index (χ2v) is 5.45. The first kappa shape index (κ1) is 14.1. The van der Waals surface area contributed by atoms with Crippen molar-refractivity contribution in [2.24, 2.45) is 5.92 Å². The number of nitrogens with two attached hydrogens (primary N) is 1. The van der Waals surface area contributed by atoms with Crippen LogP contribution in [0.2, 0.25) is 5.15 Å².